The van der Waals surface area contributed by atoms with E-state index < -0.39 is 6.10 Å². The minimum atomic E-state index is -0.558. The minimum absolute atomic E-state index is 0.477. The van der Waals surface area contributed by atoms with Crippen molar-refractivity contribution in [1.29, 1.82) is 0 Å². The maximum atomic E-state index is 10.5. The molecule has 0 spiro atoms. The molecule has 2 aromatic carbocycles. The Morgan fingerprint density at radius 1 is 1.00 bits per heavy atom. The fourth-order valence-corrected chi connectivity index (χ4v) is 3.03. The Hall–Kier alpha value is -2.58. The average molecular weight is 332 g/mol. The first-order valence-corrected chi connectivity index (χ1v) is 8.79. The van der Waals surface area contributed by atoms with Crippen molar-refractivity contribution in [2.75, 3.05) is 0 Å². The number of aliphatic hydroxyl groups is 1. The van der Waals surface area contributed by atoms with Gasteiger partial charge in [-0.2, -0.15) is 0 Å². The number of aliphatic hydroxyl groups excluding tert-OH is 1. The van der Waals surface area contributed by atoms with E-state index in [0.29, 0.717) is 6.42 Å². The molecule has 0 aliphatic carbocycles. The molecule has 0 amide bonds. The summed E-state index contributed by atoms with van der Waals surface area (Å²) in [7, 11) is 0. The first-order valence-electron chi connectivity index (χ1n) is 8.79. The van der Waals surface area contributed by atoms with Crippen molar-refractivity contribution in [2.45, 2.75) is 31.8 Å². The van der Waals surface area contributed by atoms with Gasteiger partial charge < -0.3 is 9.52 Å². The fraction of sp³-hybridized carbons (Fsp3) is 0.217. The molecule has 2 nitrogen and oxygen atoms in total. The molecule has 128 valence electrons. The van der Waals surface area contributed by atoms with E-state index in [1.54, 1.807) is 0 Å². The van der Waals surface area contributed by atoms with Crippen LogP contribution >= 0.6 is 0 Å². The van der Waals surface area contributed by atoms with Gasteiger partial charge in [0.2, 0.25) is 0 Å². The maximum absolute atomic E-state index is 10.5. The molecule has 1 heterocycles. The van der Waals surface area contributed by atoms with E-state index >= 15 is 0 Å². The maximum Gasteiger partial charge on any atom is 0.137 e. The number of hydrogen-bond acceptors (Lipinski definition) is 2. The van der Waals surface area contributed by atoms with Crippen molar-refractivity contribution in [3.63, 3.8) is 0 Å². The molecule has 25 heavy (non-hydrogen) atoms. The summed E-state index contributed by atoms with van der Waals surface area (Å²) in [6.45, 7) is 3.79. The normalized spacial score (nSPS) is 12.0. The lowest BCUT2D eigenvalue weighted by Crippen LogP contribution is -2.00. The number of aryl methyl sites for hydroxylation is 1. The van der Waals surface area contributed by atoms with Gasteiger partial charge in [0.25, 0.3) is 0 Å². The van der Waals surface area contributed by atoms with Gasteiger partial charge >= 0.3 is 0 Å². The van der Waals surface area contributed by atoms with E-state index in [1.165, 1.54) is 5.56 Å². The van der Waals surface area contributed by atoms with Crippen LogP contribution in [0.15, 0.2) is 83.8 Å². The number of benzene rings is 2. The van der Waals surface area contributed by atoms with E-state index in [4.69, 9.17) is 4.42 Å². The summed E-state index contributed by atoms with van der Waals surface area (Å²) in [4.78, 5) is 0. The van der Waals surface area contributed by atoms with Crippen molar-refractivity contribution in [1.82, 2.24) is 0 Å². The lowest BCUT2D eigenvalue weighted by molar-refractivity contribution is 0.171. The van der Waals surface area contributed by atoms with E-state index in [-0.39, 0.29) is 0 Å². The molecule has 1 N–H and O–H groups in total. The monoisotopic (exact) mass is 332 g/mol. The highest BCUT2D eigenvalue weighted by molar-refractivity contribution is 5.61. The first-order chi connectivity index (χ1) is 12.3. The van der Waals surface area contributed by atoms with Crippen LogP contribution < -0.4 is 0 Å². The summed E-state index contributed by atoms with van der Waals surface area (Å²) >= 11 is 0. The second kappa shape index (κ2) is 8.50. The van der Waals surface area contributed by atoms with Gasteiger partial charge in [-0.3, -0.25) is 0 Å². The topological polar surface area (TPSA) is 33.4 Å². The molecular weight excluding hydrogens is 308 g/mol. The highest BCUT2D eigenvalue weighted by Crippen LogP contribution is 2.30. The van der Waals surface area contributed by atoms with Gasteiger partial charge in [-0.15, -0.1) is 6.58 Å². The Kier molecular flexibility index (Phi) is 5.86. The zero-order valence-corrected chi connectivity index (χ0v) is 14.4. The second-order valence-corrected chi connectivity index (χ2v) is 6.24. The van der Waals surface area contributed by atoms with Crippen LogP contribution in [0.4, 0.5) is 0 Å². The predicted octanol–water partition coefficient (Wildman–Crippen LogP) is 5.73. The smallest absolute Gasteiger partial charge is 0.137 e. The third-order valence-electron chi connectivity index (χ3n) is 4.33. The van der Waals surface area contributed by atoms with Crippen molar-refractivity contribution in [2.24, 2.45) is 0 Å². The molecule has 0 bridgehead atoms. The average Bonchev–Trinajstić information content (AvgIpc) is 3.06. The van der Waals surface area contributed by atoms with Gasteiger partial charge in [-0.05, 0) is 36.5 Å². The van der Waals surface area contributed by atoms with Crippen molar-refractivity contribution < 1.29 is 9.52 Å². The quantitative estimate of drug-likeness (QED) is 0.422. The van der Waals surface area contributed by atoms with Crippen LogP contribution in [0.1, 0.15) is 35.8 Å². The number of unbranched alkanes of at least 4 members (excludes halogenated alkanes) is 1. The molecule has 0 saturated heterocycles. The molecule has 3 aromatic rings. The largest absolute Gasteiger partial charge is 0.461 e. The Bertz CT molecular complexity index is 787. The molecule has 3 rings (SSSR count). The Labute approximate surface area is 149 Å². The standard InChI is InChI=1S/C23H24O2/c1-2-3-6-15-20-16-21(17-22(24)18-11-7-4-8-12-18)25-23(20)19-13-9-5-10-14-19/h2,4-5,7-14,16,22,24H,1,3,6,15,17H2. The molecular formula is C23H24O2. The Morgan fingerprint density at radius 2 is 1.68 bits per heavy atom. The van der Waals surface area contributed by atoms with Crippen LogP contribution in [0.5, 0.6) is 0 Å². The minimum Gasteiger partial charge on any atom is -0.461 e. The van der Waals surface area contributed by atoms with Crippen LogP contribution in [0.2, 0.25) is 0 Å². The van der Waals surface area contributed by atoms with Gasteiger partial charge in [-0.25, -0.2) is 0 Å². The van der Waals surface area contributed by atoms with Gasteiger partial charge in [0.05, 0.1) is 6.10 Å². The van der Waals surface area contributed by atoms with Crippen molar-refractivity contribution in [3.05, 3.63) is 96.3 Å². The molecule has 0 fully saturated rings. The second-order valence-electron chi connectivity index (χ2n) is 6.24. The van der Waals surface area contributed by atoms with Crippen LogP contribution in [0.25, 0.3) is 11.3 Å². The SMILES string of the molecule is C=CCCCc1cc(CC(O)c2ccccc2)oc1-c1ccccc1. The zero-order valence-electron chi connectivity index (χ0n) is 14.4. The number of furan rings is 1. The fourth-order valence-electron chi connectivity index (χ4n) is 3.03. The van der Waals surface area contributed by atoms with Crippen molar-refractivity contribution in [3.8, 4) is 11.3 Å². The van der Waals surface area contributed by atoms with Crippen molar-refractivity contribution >= 4 is 0 Å². The third kappa shape index (κ3) is 4.49. The molecule has 1 atom stereocenters. The number of allylic oxidation sites excluding steroid dienone is 1. The van der Waals surface area contributed by atoms with E-state index in [1.807, 2.05) is 54.6 Å². The lowest BCUT2D eigenvalue weighted by atomic mass is 10.0. The summed E-state index contributed by atoms with van der Waals surface area (Å²) in [6.07, 6.45) is 4.84. The Balaban J connectivity index is 1.83. The zero-order chi connectivity index (χ0) is 17.5. The highest BCUT2D eigenvalue weighted by Gasteiger charge is 2.16. The van der Waals surface area contributed by atoms with E-state index in [0.717, 1.165) is 41.9 Å². The Morgan fingerprint density at radius 3 is 2.36 bits per heavy atom. The first kappa shape index (κ1) is 17.2. The molecule has 0 aliphatic heterocycles. The summed E-state index contributed by atoms with van der Waals surface area (Å²) in [5.41, 5.74) is 3.19. The molecule has 2 heteroatoms. The van der Waals surface area contributed by atoms with E-state index in [9.17, 15) is 5.11 Å². The van der Waals surface area contributed by atoms with Gasteiger partial charge in [-0.1, -0.05) is 66.7 Å². The molecule has 1 unspecified atom stereocenters. The van der Waals surface area contributed by atoms with E-state index in [2.05, 4.69) is 24.8 Å². The molecule has 0 aliphatic rings. The van der Waals surface area contributed by atoms with Gasteiger partial charge in [0, 0.05) is 12.0 Å². The van der Waals surface area contributed by atoms with Crippen LogP contribution in [-0.4, -0.2) is 5.11 Å². The van der Waals surface area contributed by atoms with Crippen LogP contribution in [0, 0.1) is 0 Å². The van der Waals surface area contributed by atoms with Crippen LogP contribution in [-0.2, 0) is 12.8 Å². The lowest BCUT2D eigenvalue weighted by Gasteiger charge is -2.08. The highest BCUT2D eigenvalue weighted by atomic mass is 16.3. The molecule has 0 saturated carbocycles. The third-order valence-corrected chi connectivity index (χ3v) is 4.33. The number of rotatable bonds is 8. The summed E-state index contributed by atoms with van der Waals surface area (Å²) in [5, 5.41) is 10.5. The summed E-state index contributed by atoms with van der Waals surface area (Å²) in [6, 6.07) is 22.0. The summed E-state index contributed by atoms with van der Waals surface area (Å²) < 4.78 is 6.14. The van der Waals surface area contributed by atoms with Gasteiger partial charge in [0.1, 0.15) is 11.5 Å². The summed E-state index contributed by atoms with van der Waals surface area (Å²) in [5.74, 6) is 1.74. The number of hydrogen-bond donors (Lipinski definition) is 1. The van der Waals surface area contributed by atoms with Crippen LogP contribution in [0.3, 0.4) is 0 Å². The van der Waals surface area contributed by atoms with Gasteiger partial charge in [0.15, 0.2) is 0 Å². The molecule has 1 aromatic heterocycles. The molecule has 0 radical (unpaired) electrons. The predicted molar refractivity (Wildman–Crippen MR) is 102 cm³/mol.